The number of carboxylic acids is 1. The second kappa shape index (κ2) is 4.28. The third kappa shape index (κ3) is 1.84. The van der Waals surface area contributed by atoms with E-state index in [0.717, 1.165) is 31.4 Å². The average molecular weight is 223 g/mol. The van der Waals surface area contributed by atoms with E-state index < -0.39 is 11.9 Å². The van der Waals surface area contributed by atoms with Crippen LogP contribution >= 0.6 is 0 Å². The summed E-state index contributed by atoms with van der Waals surface area (Å²) in [6.07, 6.45) is 5.20. The molecule has 0 radical (unpaired) electrons. The van der Waals surface area contributed by atoms with Gasteiger partial charge in [-0.25, -0.2) is 0 Å². The van der Waals surface area contributed by atoms with Crippen LogP contribution in [0.2, 0.25) is 0 Å². The highest BCUT2D eigenvalue weighted by atomic mass is 16.4. The molecule has 2 aliphatic heterocycles. The van der Waals surface area contributed by atoms with Crippen molar-refractivity contribution in [2.45, 2.75) is 38.6 Å². The minimum Gasteiger partial charge on any atom is -0.481 e. The lowest BCUT2D eigenvalue weighted by Crippen LogP contribution is -2.36. The van der Waals surface area contributed by atoms with E-state index in [1.807, 2.05) is 11.0 Å². The molecule has 0 aromatic rings. The van der Waals surface area contributed by atoms with Crippen LogP contribution < -0.4 is 0 Å². The lowest BCUT2D eigenvalue weighted by molar-refractivity contribution is -0.140. The molecular formula is C12H17NO3. The molecule has 2 heterocycles. The Bertz CT molecular complexity index is 348. The molecule has 88 valence electrons. The Morgan fingerprint density at radius 2 is 2.38 bits per heavy atom. The molecule has 1 N–H and O–H groups in total. The number of amides is 1. The summed E-state index contributed by atoms with van der Waals surface area (Å²) in [7, 11) is 0. The number of nitrogens with zero attached hydrogens (tertiary/aromatic N) is 1. The Labute approximate surface area is 94.9 Å². The lowest BCUT2D eigenvalue weighted by atomic mass is 9.92. The quantitative estimate of drug-likeness (QED) is 0.720. The van der Waals surface area contributed by atoms with E-state index >= 15 is 0 Å². The van der Waals surface area contributed by atoms with E-state index in [1.165, 1.54) is 0 Å². The van der Waals surface area contributed by atoms with Gasteiger partial charge in [0.25, 0.3) is 0 Å². The SMILES string of the molecule is CC(C(=O)O)C1=CCCCN2C(=O)CC[C@@H]12. The number of carbonyl (C=O) groups excluding carboxylic acids is 1. The van der Waals surface area contributed by atoms with E-state index in [0.29, 0.717) is 6.42 Å². The second-order valence-electron chi connectivity index (χ2n) is 4.55. The number of hydrogen-bond acceptors (Lipinski definition) is 2. The molecule has 2 rings (SSSR count). The fourth-order valence-corrected chi connectivity index (χ4v) is 2.63. The fraction of sp³-hybridized carbons (Fsp3) is 0.667. The van der Waals surface area contributed by atoms with Crippen molar-refractivity contribution in [3.05, 3.63) is 11.6 Å². The normalized spacial score (nSPS) is 27.1. The summed E-state index contributed by atoms with van der Waals surface area (Å²) >= 11 is 0. The molecule has 1 saturated heterocycles. The lowest BCUT2D eigenvalue weighted by Gasteiger charge is -2.26. The molecule has 4 nitrogen and oxygen atoms in total. The average Bonchev–Trinajstić information content (AvgIpc) is 2.50. The number of fused-ring (bicyclic) bond motifs is 1. The number of hydrogen-bond donors (Lipinski definition) is 1. The Balaban J connectivity index is 2.25. The molecule has 0 aromatic heterocycles. The summed E-state index contributed by atoms with van der Waals surface area (Å²) in [6.45, 7) is 2.48. The molecular weight excluding hydrogens is 206 g/mol. The zero-order valence-electron chi connectivity index (χ0n) is 9.48. The molecule has 1 fully saturated rings. The van der Waals surface area contributed by atoms with Crippen molar-refractivity contribution in [1.29, 1.82) is 0 Å². The molecule has 0 saturated carbocycles. The Kier molecular flexibility index (Phi) is 2.99. The second-order valence-corrected chi connectivity index (χ2v) is 4.55. The van der Waals surface area contributed by atoms with E-state index in [-0.39, 0.29) is 11.9 Å². The van der Waals surface area contributed by atoms with E-state index in [1.54, 1.807) is 6.92 Å². The number of aliphatic carboxylic acids is 1. The van der Waals surface area contributed by atoms with Gasteiger partial charge in [-0.15, -0.1) is 0 Å². The molecule has 1 amide bonds. The first kappa shape index (κ1) is 11.2. The maximum Gasteiger partial charge on any atom is 0.310 e. The van der Waals surface area contributed by atoms with Gasteiger partial charge < -0.3 is 10.0 Å². The van der Waals surface area contributed by atoms with Crippen LogP contribution in [0.15, 0.2) is 11.6 Å². The third-order valence-corrected chi connectivity index (χ3v) is 3.57. The first-order chi connectivity index (χ1) is 7.61. The van der Waals surface area contributed by atoms with E-state index in [2.05, 4.69) is 0 Å². The van der Waals surface area contributed by atoms with Crippen molar-refractivity contribution in [3.63, 3.8) is 0 Å². The minimum atomic E-state index is -0.799. The number of carboxylic acid groups (broad SMARTS) is 1. The molecule has 2 aliphatic rings. The van der Waals surface area contributed by atoms with Gasteiger partial charge in [-0.3, -0.25) is 9.59 Å². The molecule has 4 heteroatoms. The maximum atomic E-state index is 11.7. The molecule has 0 aromatic carbocycles. The third-order valence-electron chi connectivity index (χ3n) is 3.57. The zero-order chi connectivity index (χ0) is 11.7. The van der Waals surface area contributed by atoms with E-state index in [9.17, 15) is 9.59 Å². The molecule has 2 atom stereocenters. The van der Waals surface area contributed by atoms with Crippen molar-refractivity contribution in [2.24, 2.45) is 5.92 Å². The topological polar surface area (TPSA) is 57.6 Å². The first-order valence-electron chi connectivity index (χ1n) is 5.83. The van der Waals surface area contributed by atoms with Crippen LogP contribution in [-0.2, 0) is 9.59 Å². The smallest absolute Gasteiger partial charge is 0.310 e. The van der Waals surface area contributed by atoms with Crippen molar-refractivity contribution in [3.8, 4) is 0 Å². The molecule has 16 heavy (non-hydrogen) atoms. The minimum absolute atomic E-state index is 0.0427. The van der Waals surface area contributed by atoms with Gasteiger partial charge in [-0.1, -0.05) is 6.08 Å². The van der Waals surface area contributed by atoms with Crippen LogP contribution in [0.25, 0.3) is 0 Å². The predicted molar refractivity (Wildman–Crippen MR) is 58.9 cm³/mol. The summed E-state index contributed by atoms with van der Waals surface area (Å²) < 4.78 is 0. The Morgan fingerprint density at radius 3 is 3.06 bits per heavy atom. The molecule has 1 unspecified atom stereocenters. The summed E-state index contributed by atoms with van der Waals surface area (Å²) in [5.41, 5.74) is 0.927. The number of allylic oxidation sites excluding steroid dienone is 1. The van der Waals surface area contributed by atoms with Gasteiger partial charge in [0, 0.05) is 13.0 Å². The van der Waals surface area contributed by atoms with Crippen LogP contribution in [0.4, 0.5) is 0 Å². The van der Waals surface area contributed by atoms with Crippen molar-refractivity contribution in [1.82, 2.24) is 4.90 Å². The van der Waals surface area contributed by atoms with Gasteiger partial charge in [0.15, 0.2) is 0 Å². The highest BCUT2D eigenvalue weighted by Crippen LogP contribution is 2.32. The van der Waals surface area contributed by atoms with Crippen molar-refractivity contribution >= 4 is 11.9 Å². The summed E-state index contributed by atoms with van der Waals surface area (Å²) in [5.74, 6) is -1.10. The zero-order valence-corrected chi connectivity index (χ0v) is 9.48. The first-order valence-corrected chi connectivity index (χ1v) is 5.83. The molecule has 0 spiro atoms. The summed E-state index contributed by atoms with van der Waals surface area (Å²) in [4.78, 5) is 24.5. The van der Waals surface area contributed by atoms with Crippen LogP contribution in [-0.4, -0.2) is 34.5 Å². The van der Waals surface area contributed by atoms with Crippen molar-refractivity contribution < 1.29 is 14.7 Å². The summed E-state index contributed by atoms with van der Waals surface area (Å²) in [6, 6.07) is 0.0427. The summed E-state index contributed by atoms with van der Waals surface area (Å²) in [5, 5.41) is 9.07. The molecule has 0 bridgehead atoms. The monoisotopic (exact) mass is 223 g/mol. The highest BCUT2D eigenvalue weighted by molar-refractivity contribution is 5.81. The highest BCUT2D eigenvalue weighted by Gasteiger charge is 2.37. The van der Waals surface area contributed by atoms with Gasteiger partial charge in [0.2, 0.25) is 5.91 Å². The maximum absolute atomic E-state index is 11.7. The van der Waals surface area contributed by atoms with Gasteiger partial charge in [-0.05, 0) is 31.8 Å². The van der Waals surface area contributed by atoms with Crippen LogP contribution in [0, 0.1) is 5.92 Å². The van der Waals surface area contributed by atoms with Crippen LogP contribution in [0.3, 0.4) is 0 Å². The van der Waals surface area contributed by atoms with Gasteiger partial charge >= 0.3 is 5.97 Å². The van der Waals surface area contributed by atoms with Gasteiger partial charge in [0.05, 0.1) is 12.0 Å². The van der Waals surface area contributed by atoms with Crippen LogP contribution in [0.1, 0.15) is 32.6 Å². The number of carbonyl (C=O) groups is 2. The van der Waals surface area contributed by atoms with E-state index in [4.69, 9.17) is 5.11 Å². The fourth-order valence-electron chi connectivity index (χ4n) is 2.63. The van der Waals surface area contributed by atoms with Gasteiger partial charge in [-0.2, -0.15) is 0 Å². The Morgan fingerprint density at radius 1 is 1.62 bits per heavy atom. The van der Waals surface area contributed by atoms with Gasteiger partial charge in [0.1, 0.15) is 0 Å². The van der Waals surface area contributed by atoms with Crippen molar-refractivity contribution in [2.75, 3.05) is 6.54 Å². The standard InChI is InChI=1S/C12H17NO3/c1-8(12(15)16)9-4-2-3-7-13-10(9)5-6-11(13)14/h4,8,10H,2-3,5-7H2,1H3,(H,15,16)/t8?,10-/m0/s1. The molecule has 0 aliphatic carbocycles. The Hall–Kier alpha value is -1.32. The predicted octanol–water partition coefficient (Wildman–Crippen LogP) is 1.42. The number of rotatable bonds is 2. The van der Waals surface area contributed by atoms with Crippen LogP contribution in [0.5, 0.6) is 0 Å². The largest absolute Gasteiger partial charge is 0.481 e.